The lowest BCUT2D eigenvalue weighted by atomic mass is 9.97. The van der Waals surface area contributed by atoms with Crippen LogP contribution in [0.1, 0.15) is 59.4 Å². The zero-order chi connectivity index (χ0) is 22.6. The predicted molar refractivity (Wildman–Crippen MR) is 117 cm³/mol. The Hall–Kier alpha value is -2.28. The highest BCUT2D eigenvalue weighted by molar-refractivity contribution is 5.70. The number of hydrogen-bond acceptors (Lipinski definition) is 5. The molecular weight excluding hydrogens is 384 g/mol. The van der Waals surface area contributed by atoms with Crippen LogP contribution in [-0.4, -0.2) is 53.5 Å². The van der Waals surface area contributed by atoms with Gasteiger partial charge in [-0.25, -0.2) is 9.59 Å². The van der Waals surface area contributed by atoms with Gasteiger partial charge in [-0.15, -0.1) is 0 Å². The Balaban J connectivity index is 2.85. The maximum absolute atomic E-state index is 13.0. The number of aliphatic hydroxyl groups excluding tert-OH is 1. The number of alkyl carbamates (subject to hydrolysis) is 1. The number of ether oxygens (including phenoxy) is 2. The minimum absolute atomic E-state index is 0.0324. The van der Waals surface area contributed by atoms with Gasteiger partial charge in [-0.05, 0) is 45.1 Å². The highest BCUT2D eigenvalue weighted by atomic mass is 16.6. The molecule has 2 N–H and O–H groups in total. The van der Waals surface area contributed by atoms with E-state index in [1.807, 2.05) is 51.1 Å². The van der Waals surface area contributed by atoms with E-state index in [1.165, 1.54) is 0 Å². The summed E-state index contributed by atoms with van der Waals surface area (Å²) in [6.07, 6.45) is 1.07. The Kier molecular flexibility index (Phi) is 11.3. The first-order valence-electron chi connectivity index (χ1n) is 10.7. The van der Waals surface area contributed by atoms with Crippen LogP contribution >= 0.6 is 0 Å². The molecule has 170 valence electrons. The van der Waals surface area contributed by atoms with Gasteiger partial charge < -0.3 is 19.9 Å². The fourth-order valence-corrected chi connectivity index (χ4v) is 3.09. The fraction of sp³-hybridized carbons (Fsp3) is 0.652. The number of nitrogens with one attached hydrogen (secondary N) is 1. The first-order valence-corrected chi connectivity index (χ1v) is 10.7. The van der Waals surface area contributed by atoms with E-state index in [4.69, 9.17) is 14.6 Å². The van der Waals surface area contributed by atoms with Gasteiger partial charge in [0, 0.05) is 25.1 Å². The molecule has 1 aromatic rings. The van der Waals surface area contributed by atoms with Gasteiger partial charge in [-0.2, -0.15) is 0 Å². The maximum atomic E-state index is 13.0. The summed E-state index contributed by atoms with van der Waals surface area (Å²) >= 11 is 0. The summed E-state index contributed by atoms with van der Waals surface area (Å²) in [5.74, 6) is 0.464. The van der Waals surface area contributed by atoms with E-state index >= 15 is 0 Å². The molecule has 0 fully saturated rings. The highest BCUT2D eigenvalue weighted by Gasteiger charge is 2.34. The SMILES string of the molecule is CC(C)CCC(CNC(=O)OCCCO)N(C(=O)OCc1ccccc1)C(C)(C)C. The molecule has 1 unspecified atom stereocenters. The summed E-state index contributed by atoms with van der Waals surface area (Å²) in [6.45, 7) is 10.7. The second kappa shape index (κ2) is 13.1. The molecule has 7 nitrogen and oxygen atoms in total. The van der Waals surface area contributed by atoms with Crippen LogP contribution < -0.4 is 5.32 Å². The maximum Gasteiger partial charge on any atom is 0.410 e. The number of nitrogens with zero attached hydrogens (tertiary/aromatic N) is 1. The zero-order valence-electron chi connectivity index (χ0n) is 19.0. The Bertz CT molecular complexity index is 628. The van der Waals surface area contributed by atoms with E-state index in [1.54, 1.807) is 4.90 Å². The molecule has 2 amide bonds. The third kappa shape index (κ3) is 9.96. The molecule has 0 aliphatic heterocycles. The first-order chi connectivity index (χ1) is 14.1. The van der Waals surface area contributed by atoms with Crippen LogP contribution in [0.25, 0.3) is 0 Å². The molecule has 7 heteroatoms. The molecular formula is C23H38N2O5. The quantitative estimate of drug-likeness (QED) is 0.518. The van der Waals surface area contributed by atoms with Crippen molar-refractivity contribution in [3.05, 3.63) is 35.9 Å². The number of amides is 2. The van der Waals surface area contributed by atoms with Crippen LogP contribution in [0.2, 0.25) is 0 Å². The molecule has 0 saturated heterocycles. The van der Waals surface area contributed by atoms with Crippen LogP contribution in [0.5, 0.6) is 0 Å². The van der Waals surface area contributed by atoms with Gasteiger partial charge in [0.2, 0.25) is 0 Å². The molecule has 0 aliphatic carbocycles. The second-order valence-corrected chi connectivity index (χ2v) is 8.80. The molecule has 1 rings (SSSR count). The summed E-state index contributed by atoms with van der Waals surface area (Å²) in [6, 6.07) is 9.32. The topological polar surface area (TPSA) is 88.1 Å². The molecule has 0 heterocycles. The van der Waals surface area contributed by atoms with Crippen molar-refractivity contribution in [2.24, 2.45) is 5.92 Å². The molecule has 1 aromatic carbocycles. The molecule has 0 radical (unpaired) electrons. The van der Waals surface area contributed by atoms with Gasteiger partial charge in [-0.3, -0.25) is 4.90 Å². The van der Waals surface area contributed by atoms with E-state index in [9.17, 15) is 9.59 Å². The summed E-state index contributed by atoms with van der Waals surface area (Å²) in [5, 5.41) is 11.6. The van der Waals surface area contributed by atoms with E-state index < -0.39 is 17.7 Å². The van der Waals surface area contributed by atoms with E-state index in [0.29, 0.717) is 12.3 Å². The average Bonchev–Trinajstić information content (AvgIpc) is 2.68. The van der Waals surface area contributed by atoms with Crippen molar-refractivity contribution in [3.8, 4) is 0 Å². The van der Waals surface area contributed by atoms with Crippen molar-refractivity contribution in [2.45, 2.75) is 72.1 Å². The lowest BCUT2D eigenvalue weighted by molar-refractivity contribution is 0.0352. The third-order valence-corrected chi connectivity index (χ3v) is 4.58. The molecule has 0 saturated carbocycles. The Labute approximate surface area is 180 Å². The molecule has 30 heavy (non-hydrogen) atoms. The minimum atomic E-state index is -0.551. The van der Waals surface area contributed by atoms with Crippen molar-refractivity contribution in [1.82, 2.24) is 10.2 Å². The average molecular weight is 423 g/mol. The molecule has 1 atom stereocenters. The largest absolute Gasteiger partial charge is 0.449 e. The Morgan fingerprint density at radius 1 is 1.10 bits per heavy atom. The van der Waals surface area contributed by atoms with Gasteiger partial charge in [0.1, 0.15) is 6.61 Å². The van der Waals surface area contributed by atoms with E-state index in [2.05, 4.69) is 19.2 Å². The van der Waals surface area contributed by atoms with Crippen molar-refractivity contribution >= 4 is 12.2 Å². The van der Waals surface area contributed by atoms with Gasteiger partial charge >= 0.3 is 12.2 Å². The smallest absolute Gasteiger partial charge is 0.410 e. The number of carbonyl (C=O) groups excluding carboxylic acids is 2. The van der Waals surface area contributed by atoms with Gasteiger partial charge in [-0.1, -0.05) is 44.2 Å². The summed E-state index contributed by atoms with van der Waals surface area (Å²) in [5.41, 5.74) is 0.432. The normalized spacial score (nSPS) is 12.4. The summed E-state index contributed by atoms with van der Waals surface area (Å²) in [4.78, 5) is 26.7. The molecule has 0 spiro atoms. The monoisotopic (exact) mass is 422 g/mol. The lowest BCUT2D eigenvalue weighted by Gasteiger charge is -2.41. The van der Waals surface area contributed by atoms with E-state index in [-0.39, 0.29) is 32.4 Å². The molecule has 0 aromatic heterocycles. The summed E-state index contributed by atoms with van der Waals surface area (Å²) < 4.78 is 10.7. The van der Waals surface area contributed by atoms with Crippen LogP contribution in [0, 0.1) is 5.92 Å². The predicted octanol–water partition coefficient (Wildman–Crippen LogP) is 4.34. The Morgan fingerprint density at radius 2 is 1.77 bits per heavy atom. The van der Waals surface area contributed by atoms with Crippen molar-refractivity contribution in [3.63, 3.8) is 0 Å². The van der Waals surface area contributed by atoms with Crippen LogP contribution in [0.15, 0.2) is 30.3 Å². The van der Waals surface area contributed by atoms with Gasteiger partial charge in [0.15, 0.2) is 0 Å². The van der Waals surface area contributed by atoms with Crippen molar-refractivity contribution in [2.75, 3.05) is 19.8 Å². The number of carbonyl (C=O) groups is 2. The highest BCUT2D eigenvalue weighted by Crippen LogP contribution is 2.23. The van der Waals surface area contributed by atoms with Crippen LogP contribution in [-0.2, 0) is 16.1 Å². The van der Waals surface area contributed by atoms with Crippen molar-refractivity contribution < 1.29 is 24.2 Å². The second-order valence-electron chi connectivity index (χ2n) is 8.80. The van der Waals surface area contributed by atoms with Gasteiger partial charge in [0.05, 0.1) is 12.6 Å². The lowest BCUT2D eigenvalue weighted by Crippen LogP contribution is -2.55. The van der Waals surface area contributed by atoms with Crippen molar-refractivity contribution in [1.29, 1.82) is 0 Å². The molecule has 0 aliphatic rings. The van der Waals surface area contributed by atoms with Gasteiger partial charge in [0.25, 0.3) is 0 Å². The number of aliphatic hydroxyl groups is 1. The van der Waals surface area contributed by atoms with E-state index in [0.717, 1.165) is 18.4 Å². The summed E-state index contributed by atoms with van der Waals surface area (Å²) in [7, 11) is 0. The minimum Gasteiger partial charge on any atom is -0.449 e. The standard InChI is InChI=1S/C23H38N2O5/c1-18(2)12-13-20(16-24-21(27)29-15-9-14-26)25(23(3,4)5)22(28)30-17-19-10-7-6-8-11-19/h6-8,10-11,18,20,26H,9,12-17H2,1-5H3,(H,24,27). The zero-order valence-corrected chi connectivity index (χ0v) is 19.0. The number of rotatable bonds is 11. The number of hydrogen-bond donors (Lipinski definition) is 2. The third-order valence-electron chi connectivity index (χ3n) is 4.58. The van der Waals surface area contributed by atoms with Crippen LogP contribution in [0.3, 0.4) is 0 Å². The number of benzene rings is 1. The first kappa shape index (κ1) is 25.8. The van der Waals surface area contributed by atoms with Crippen LogP contribution in [0.4, 0.5) is 9.59 Å². The fourth-order valence-electron chi connectivity index (χ4n) is 3.09. The Morgan fingerprint density at radius 3 is 2.33 bits per heavy atom. The molecule has 0 bridgehead atoms.